The van der Waals surface area contributed by atoms with Gasteiger partial charge in [0.2, 0.25) is 0 Å². The molecule has 0 aliphatic rings. The Hall–Kier alpha value is -3.64. The Morgan fingerprint density at radius 1 is 0.214 bits per heavy atom. The van der Waals surface area contributed by atoms with E-state index in [1.165, 1.54) is 21.9 Å². The van der Waals surface area contributed by atoms with Gasteiger partial charge in [0, 0.05) is 0 Å². The van der Waals surface area contributed by atoms with Crippen LogP contribution in [0.15, 0.2) is 146 Å². The molecule has 5 rings (SSSR count). The molecule has 0 bridgehead atoms. The molecule has 0 radical (unpaired) electrons. The van der Waals surface area contributed by atoms with Gasteiger partial charge in [0.05, 0.1) is 0 Å². The summed E-state index contributed by atoms with van der Waals surface area (Å²) in [6.07, 6.45) is 0. The van der Waals surface area contributed by atoms with E-state index >= 15 is 0 Å². The standard InChI is InChI=1S/C12H10.C10H8.C6H6/c1-3-7-11(8-4-1)12-9-5-2-6-10-12;1-2-6-10-8-4-3-7-9(10)5-1;1-2-4-6-5-3-1/h1-10H;1-8H;1-6H. The third-order valence-electron chi connectivity index (χ3n) is 4.21. The summed E-state index contributed by atoms with van der Waals surface area (Å²) in [5.74, 6) is 0. The van der Waals surface area contributed by atoms with Crippen LogP contribution in [0.25, 0.3) is 21.9 Å². The number of hydrogen-bond donors (Lipinski definition) is 0. The molecule has 5 aromatic rings. The van der Waals surface area contributed by atoms with Crippen LogP contribution in [0.4, 0.5) is 0 Å². The van der Waals surface area contributed by atoms with Gasteiger partial charge >= 0.3 is 0 Å². The first kappa shape index (κ1) is 19.1. The van der Waals surface area contributed by atoms with Crippen LogP contribution in [-0.4, -0.2) is 0 Å². The zero-order valence-electron chi connectivity index (χ0n) is 15.9. The van der Waals surface area contributed by atoms with E-state index in [0.29, 0.717) is 0 Å². The molecule has 28 heavy (non-hydrogen) atoms. The molecule has 5 aromatic carbocycles. The van der Waals surface area contributed by atoms with Crippen molar-refractivity contribution in [2.45, 2.75) is 0 Å². The molecule has 0 amide bonds. The highest BCUT2D eigenvalue weighted by Gasteiger charge is 1.91. The molecule has 0 aliphatic carbocycles. The Morgan fingerprint density at radius 2 is 0.429 bits per heavy atom. The molecular weight excluding hydrogens is 336 g/mol. The van der Waals surface area contributed by atoms with E-state index in [-0.39, 0.29) is 0 Å². The van der Waals surface area contributed by atoms with Crippen LogP contribution < -0.4 is 0 Å². The summed E-state index contributed by atoms with van der Waals surface area (Å²) in [6, 6.07) is 49.5. The van der Waals surface area contributed by atoms with Crippen molar-refractivity contribution in [2.24, 2.45) is 0 Å². The summed E-state index contributed by atoms with van der Waals surface area (Å²) >= 11 is 0. The summed E-state index contributed by atoms with van der Waals surface area (Å²) in [4.78, 5) is 0. The largest absolute Gasteiger partial charge is 0.0623 e. The van der Waals surface area contributed by atoms with Crippen molar-refractivity contribution in [1.82, 2.24) is 0 Å². The number of benzene rings is 5. The van der Waals surface area contributed by atoms with Crippen LogP contribution in [0.5, 0.6) is 0 Å². The number of rotatable bonds is 1. The fraction of sp³-hybridized carbons (Fsp3) is 0. The monoisotopic (exact) mass is 360 g/mol. The van der Waals surface area contributed by atoms with E-state index in [0.717, 1.165) is 0 Å². The quantitative estimate of drug-likeness (QED) is 0.285. The van der Waals surface area contributed by atoms with Gasteiger partial charge in [-0.3, -0.25) is 0 Å². The van der Waals surface area contributed by atoms with Crippen LogP contribution in [0.2, 0.25) is 0 Å². The van der Waals surface area contributed by atoms with Gasteiger partial charge in [-0.1, -0.05) is 146 Å². The van der Waals surface area contributed by atoms with E-state index in [2.05, 4.69) is 97.1 Å². The Morgan fingerprint density at radius 3 is 0.714 bits per heavy atom. The molecule has 0 aliphatic heterocycles. The zero-order chi connectivity index (χ0) is 19.3. The molecule has 0 atom stereocenters. The summed E-state index contributed by atoms with van der Waals surface area (Å²) in [6.45, 7) is 0. The maximum absolute atomic E-state index is 2.12. The summed E-state index contributed by atoms with van der Waals surface area (Å²) in [5.41, 5.74) is 2.55. The van der Waals surface area contributed by atoms with Crippen LogP contribution in [0.1, 0.15) is 0 Å². The topological polar surface area (TPSA) is 0 Å². The molecule has 0 saturated heterocycles. The summed E-state index contributed by atoms with van der Waals surface area (Å²) < 4.78 is 0. The molecule has 0 nitrogen and oxygen atoms in total. The van der Waals surface area contributed by atoms with Gasteiger partial charge < -0.3 is 0 Å². The predicted molar refractivity (Wildman–Crippen MR) is 122 cm³/mol. The normalized spacial score (nSPS) is 9.43. The molecule has 0 heteroatoms. The van der Waals surface area contributed by atoms with E-state index in [4.69, 9.17) is 0 Å². The SMILES string of the molecule is c1ccc(-c2ccccc2)cc1.c1ccc2ccccc2c1.c1ccccc1. The molecule has 0 N–H and O–H groups in total. The van der Waals surface area contributed by atoms with E-state index in [1.807, 2.05) is 48.5 Å². The van der Waals surface area contributed by atoms with Gasteiger partial charge in [0.15, 0.2) is 0 Å². The smallest absolute Gasteiger partial charge is 0.0184 e. The highest BCUT2D eigenvalue weighted by atomic mass is 14.0. The fourth-order valence-electron chi connectivity index (χ4n) is 2.78. The maximum atomic E-state index is 2.12. The van der Waals surface area contributed by atoms with E-state index in [9.17, 15) is 0 Å². The van der Waals surface area contributed by atoms with Crippen molar-refractivity contribution in [3.63, 3.8) is 0 Å². The van der Waals surface area contributed by atoms with Gasteiger partial charge in [-0.2, -0.15) is 0 Å². The number of hydrogen-bond acceptors (Lipinski definition) is 0. The van der Waals surface area contributed by atoms with Gasteiger partial charge in [-0.25, -0.2) is 0 Å². The first-order valence-electron chi connectivity index (χ1n) is 9.48. The minimum Gasteiger partial charge on any atom is -0.0623 e. The first-order valence-corrected chi connectivity index (χ1v) is 9.48. The Bertz CT molecular complexity index is 906. The van der Waals surface area contributed by atoms with Crippen LogP contribution in [0.3, 0.4) is 0 Å². The van der Waals surface area contributed by atoms with Crippen molar-refractivity contribution in [3.05, 3.63) is 146 Å². The van der Waals surface area contributed by atoms with Crippen molar-refractivity contribution >= 4 is 10.8 Å². The van der Waals surface area contributed by atoms with Gasteiger partial charge in [-0.15, -0.1) is 0 Å². The number of fused-ring (bicyclic) bond motifs is 1. The second-order valence-electron chi connectivity index (χ2n) is 6.23. The average Bonchev–Trinajstić information content (AvgIpc) is 2.82. The Kier molecular flexibility index (Phi) is 7.62. The first-order chi connectivity index (χ1) is 13.9. The molecule has 0 aromatic heterocycles. The second-order valence-corrected chi connectivity index (χ2v) is 6.23. The van der Waals surface area contributed by atoms with Crippen LogP contribution in [0, 0.1) is 0 Å². The average molecular weight is 361 g/mol. The van der Waals surface area contributed by atoms with Gasteiger partial charge in [0.1, 0.15) is 0 Å². The lowest BCUT2D eigenvalue weighted by Crippen LogP contribution is -1.73. The van der Waals surface area contributed by atoms with Crippen molar-refractivity contribution in [1.29, 1.82) is 0 Å². The van der Waals surface area contributed by atoms with Gasteiger partial charge in [0.25, 0.3) is 0 Å². The van der Waals surface area contributed by atoms with E-state index < -0.39 is 0 Å². The maximum Gasteiger partial charge on any atom is -0.0184 e. The fourth-order valence-corrected chi connectivity index (χ4v) is 2.78. The molecule has 136 valence electrons. The molecule has 0 fully saturated rings. The molecular formula is C28H24. The lowest BCUT2D eigenvalue weighted by molar-refractivity contribution is 1.62. The van der Waals surface area contributed by atoms with E-state index in [1.54, 1.807) is 0 Å². The third kappa shape index (κ3) is 6.26. The third-order valence-corrected chi connectivity index (χ3v) is 4.21. The van der Waals surface area contributed by atoms with Crippen LogP contribution in [-0.2, 0) is 0 Å². The molecule has 0 spiro atoms. The van der Waals surface area contributed by atoms with Crippen molar-refractivity contribution < 1.29 is 0 Å². The second kappa shape index (κ2) is 11.2. The minimum absolute atomic E-state index is 1.28. The summed E-state index contributed by atoms with van der Waals surface area (Å²) in [7, 11) is 0. The highest BCUT2D eigenvalue weighted by molar-refractivity contribution is 5.82. The minimum atomic E-state index is 1.28. The lowest BCUT2D eigenvalue weighted by atomic mass is 10.1. The van der Waals surface area contributed by atoms with Crippen LogP contribution >= 0.6 is 0 Å². The summed E-state index contributed by atoms with van der Waals surface area (Å²) in [5, 5.41) is 2.62. The zero-order valence-corrected chi connectivity index (χ0v) is 15.9. The molecule has 0 heterocycles. The van der Waals surface area contributed by atoms with Gasteiger partial charge in [-0.05, 0) is 21.9 Å². The Balaban J connectivity index is 0.000000127. The predicted octanol–water partition coefficient (Wildman–Crippen LogP) is 7.88. The molecule has 0 unspecified atom stereocenters. The molecule has 0 saturated carbocycles. The lowest BCUT2D eigenvalue weighted by Gasteiger charge is -1.98. The van der Waals surface area contributed by atoms with Crippen molar-refractivity contribution in [3.8, 4) is 11.1 Å². The van der Waals surface area contributed by atoms with Crippen molar-refractivity contribution in [2.75, 3.05) is 0 Å². The highest BCUT2D eigenvalue weighted by Crippen LogP contribution is 2.17. The Labute approximate surface area is 167 Å².